The van der Waals surface area contributed by atoms with Gasteiger partial charge >= 0.3 is 0 Å². The maximum Gasteiger partial charge on any atom is 0.167 e. The Kier molecular flexibility index (Phi) is 3.60. The first kappa shape index (κ1) is 11.9. The summed E-state index contributed by atoms with van der Waals surface area (Å²) in [4.78, 5) is 12.0. The zero-order valence-electron chi connectivity index (χ0n) is 9.61. The number of ketones is 1. The van der Waals surface area contributed by atoms with E-state index in [0.717, 1.165) is 11.1 Å². The maximum atomic E-state index is 12.0. The summed E-state index contributed by atoms with van der Waals surface area (Å²) in [6.45, 7) is 1.92. The van der Waals surface area contributed by atoms with Crippen molar-refractivity contribution in [2.45, 2.75) is 13.3 Å². The monoisotopic (exact) mass is 244 g/mol. The molecule has 0 radical (unpaired) electrons. The van der Waals surface area contributed by atoms with Gasteiger partial charge in [0.25, 0.3) is 0 Å². The predicted octanol–water partition coefficient (Wildman–Crippen LogP) is 4.07. The van der Waals surface area contributed by atoms with Crippen molar-refractivity contribution in [2.24, 2.45) is 0 Å². The molecule has 0 heterocycles. The van der Waals surface area contributed by atoms with E-state index in [-0.39, 0.29) is 5.78 Å². The molecule has 2 heteroatoms. The number of aryl methyl sites for hydroxylation is 1. The van der Waals surface area contributed by atoms with Crippen LogP contribution in [0, 0.1) is 6.92 Å². The Balaban J connectivity index is 2.18. The van der Waals surface area contributed by atoms with E-state index in [9.17, 15) is 4.79 Å². The molecule has 0 bridgehead atoms. The summed E-state index contributed by atoms with van der Waals surface area (Å²) in [5.41, 5.74) is 2.68. The summed E-state index contributed by atoms with van der Waals surface area (Å²) in [5.74, 6) is 0.0955. The van der Waals surface area contributed by atoms with Crippen LogP contribution >= 0.6 is 11.6 Å². The lowest BCUT2D eigenvalue weighted by Gasteiger charge is -2.03. The van der Waals surface area contributed by atoms with Crippen molar-refractivity contribution >= 4 is 17.4 Å². The molecular weight excluding hydrogens is 232 g/mol. The van der Waals surface area contributed by atoms with Crippen molar-refractivity contribution in [1.82, 2.24) is 0 Å². The third kappa shape index (κ3) is 2.95. The molecule has 1 nitrogen and oxygen atoms in total. The van der Waals surface area contributed by atoms with Crippen LogP contribution in [0.2, 0.25) is 5.02 Å². The van der Waals surface area contributed by atoms with Gasteiger partial charge in [0.1, 0.15) is 0 Å². The summed E-state index contributed by atoms with van der Waals surface area (Å²) in [6.07, 6.45) is 0.417. The third-order valence-corrected chi connectivity index (χ3v) is 3.11. The molecule has 0 aliphatic rings. The van der Waals surface area contributed by atoms with Crippen LogP contribution in [0.1, 0.15) is 21.5 Å². The fourth-order valence-electron chi connectivity index (χ4n) is 1.65. The van der Waals surface area contributed by atoms with Crippen molar-refractivity contribution in [3.05, 3.63) is 70.2 Å². The van der Waals surface area contributed by atoms with Crippen molar-refractivity contribution in [1.29, 1.82) is 0 Å². The summed E-state index contributed by atoms with van der Waals surface area (Å²) in [7, 11) is 0. The van der Waals surface area contributed by atoms with Crippen LogP contribution in [0.15, 0.2) is 48.5 Å². The SMILES string of the molecule is Cc1ccc(C(=O)Cc2ccccc2)cc1Cl. The van der Waals surface area contributed by atoms with Gasteiger partial charge in [-0.25, -0.2) is 0 Å². The van der Waals surface area contributed by atoms with Crippen LogP contribution in [0.3, 0.4) is 0 Å². The average Bonchev–Trinajstić information content (AvgIpc) is 2.34. The van der Waals surface area contributed by atoms with Gasteiger partial charge in [-0.05, 0) is 24.1 Å². The minimum Gasteiger partial charge on any atom is -0.294 e. The molecule has 86 valence electrons. The zero-order chi connectivity index (χ0) is 12.3. The van der Waals surface area contributed by atoms with Crippen molar-refractivity contribution in [3.8, 4) is 0 Å². The Morgan fingerprint density at radius 1 is 1.12 bits per heavy atom. The molecule has 0 aliphatic carbocycles. The van der Waals surface area contributed by atoms with E-state index in [4.69, 9.17) is 11.6 Å². The number of hydrogen-bond acceptors (Lipinski definition) is 1. The fraction of sp³-hybridized carbons (Fsp3) is 0.133. The highest BCUT2D eigenvalue weighted by molar-refractivity contribution is 6.31. The quantitative estimate of drug-likeness (QED) is 0.744. The molecule has 0 fully saturated rings. The van der Waals surface area contributed by atoms with Crippen LogP contribution in [0.5, 0.6) is 0 Å². The van der Waals surface area contributed by atoms with Crippen LogP contribution in [0.4, 0.5) is 0 Å². The molecule has 2 aromatic rings. The molecule has 0 saturated carbocycles. The number of halogens is 1. The van der Waals surface area contributed by atoms with E-state index in [0.29, 0.717) is 17.0 Å². The van der Waals surface area contributed by atoms with Crippen LogP contribution in [0.25, 0.3) is 0 Å². The zero-order valence-corrected chi connectivity index (χ0v) is 10.4. The number of rotatable bonds is 3. The Labute approximate surface area is 106 Å². The molecule has 2 rings (SSSR count). The normalized spacial score (nSPS) is 10.2. The molecule has 0 spiro atoms. The molecule has 0 amide bonds. The van der Waals surface area contributed by atoms with E-state index in [1.54, 1.807) is 6.07 Å². The van der Waals surface area contributed by atoms with Gasteiger partial charge in [-0.15, -0.1) is 0 Å². The molecule has 17 heavy (non-hydrogen) atoms. The van der Waals surface area contributed by atoms with E-state index in [1.807, 2.05) is 49.4 Å². The molecule has 0 unspecified atom stereocenters. The largest absolute Gasteiger partial charge is 0.294 e. The van der Waals surface area contributed by atoms with Gasteiger partial charge in [-0.3, -0.25) is 4.79 Å². The first-order valence-electron chi connectivity index (χ1n) is 5.50. The number of carbonyl (C=O) groups excluding carboxylic acids is 1. The minimum atomic E-state index is 0.0955. The lowest BCUT2D eigenvalue weighted by molar-refractivity contribution is 0.0993. The second-order valence-electron chi connectivity index (χ2n) is 4.05. The van der Waals surface area contributed by atoms with Gasteiger partial charge in [0.05, 0.1) is 0 Å². The molecular formula is C15H13ClO. The topological polar surface area (TPSA) is 17.1 Å². The molecule has 0 atom stereocenters. The van der Waals surface area contributed by atoms with Crippen LogP contribution in [-0.4, -0.2) is 5.78 Å². The van der Waals surface area contributed by atoms with Crippen LogP contribution < -0.4 is 0 Å². The highest BCUT2D eigenvalue weighted by Gasteiger charge is 2.08. The summed E-state index contributed by atoms with van der Waals surface area (Å²) in [6, 6.07) is 15.2. The van der Waals surface area contributed by atoms with E-state index in [2.05, 4.69) is 0 Å². The number of hydrogen-bond donors (Lipinski definition) is 0. The number of Topliss-reactive ketones (excluding diaryl/α,β-unsaturated/α-hetero) is 1. The first-order valence-corrected chi connectivity index (χ1v) is 5.88. The van der Waals surface area contributed by atoms with E-state index >= 15 is 0 Å². The third-order valence-electron chi connectivity index (χ3n) is 2.70. The lowest BCUT2D eigenvalue weighted by Crippen LogP contribution is -2.03. The van der Waals surface area contributed by atoms with Gasteiger partial charge in [0.2, 0.25) is 0 Å². The predicted molar refractivity (Wildman–Crippen MR) is 70.7 cm³/mol. The van der Waals surface area contributed by atoms with E-state index < -0.39 is 0 Å². The highest BCUT2D eigenvalue weighted by atomic mass is 35.5. The maximum absolute atomic E-state index is 12.0. The van der Waals surface area contributed by atoms with Crippen molar-refractivity contribution in [2.75, 3.05) is 0 Å². The summed E-state index contributed by atoms with van der Waals surface area (Å²) in [5, 5.41) is 0.643. The van der Waals surface area contributed by atoms with Gasteiger partial charge in [0.15, 0.2) is 5.78 Å². The molecule has 0 aliphatic heterocycles. The average molecular weight is 245 g/mol. The van der Waals surface area contributed by atoms with Crippen molar-refractivity contribution < 1.29 is 4.79 Å². The van der Waals surface area contributed by atoms with Gasteiger partial charge in [-0.2, -0.15) is 0 Å². The standard InChI is InChI=1S/C15H13ClO/c1-11-7-8-13(10-14(11)16)15(17)9-12-5-3-2-4-6-12/h2-8,10H,9H2,1H3. The van der Waals surface area contributed by atoms with Crippen molar-refractivity contribution in [3.63, 3.8) is 0 Å². The highest BCUT2D eigenvalue weighted by Crippen LogP contribution is 2.18. The second-order valence-corrected chi connectivity index (χ2v) is 4.46. The lowest BCUT2D eigenvalue weighted by atomic mass is 10.0. The number of carbonyl (C=O) groups is 1. The first-order chi connectivity index (χ1) is 8.16. The Hall–Kier alpha value is -1.60. The minimum absolute atomic E-state index is 0.0955. The van der Waals surface area contributed by atoms with Gasteiger partial charge < -0.3 is 0 Å². The summed E-state index contributed by atoms with van der Waals surface area (Å²) < 4.78 is 0. The van der Waals surface area contributed by atoms with Crippen LogP contribution in [-0.2, 0) is 6.42 Å². The number of benzene rings is 2. The fourth-order valence-corrected chi connectivity index (χ4v) is 1.83. The molecule has 0 saturated heterocycles. The molecule has 0 aromatic heterocycles. The Bertz CT molecular complexity index is 532. The second kappa shape index (κ2) is 5.15. The Morgan fingerprint density at radius 2 is 1.82 bits per heavy atom. The smallest absolute Gasteiger partial charge is 0.167 e. The van der Waals surface area contributed by atoms with Gasteiger partial charge in [0, 0.05) is 17.0 Å². The van der Waals surface area contributed by atoms with E-state index in [1.165, 1.54) is 0 Å². The summed E-state index contributed by atoms with van der Waals surface area (Å²) >= 11 is 6.01. The van der Waals surface area contributed by atoms with Gasteiger partial charge in [-0.1, -0.05) is 54.1 Å². The molecule has 0 N–H and O–H groups in total. The Morgan fingerprint density at radius 3 is 2.47 bits per heavy atom. The molecule has 2 aromatic carbocycles.